The highest BCUT2D eigenvalue weighted by molar-refractivity contribution is 5.82. The van der Waals surface area contributed by atoms with Gasteiger partial charge in [0, 0.05) is 18.1 Å². The molecule has 1 amide bonds. The first kappa shape index (κ1) is 14.2. The number of rotatable bonds is 3. The average Bonchev–Trinajstić information content (AvgIpc) is 2.60. The standard InChI is InChI=1S/C17H19N3O3/c1-22-13-7-11-12(8-14(13)23-2)19-15(9-18-11)17-5-3-10(4-6-17)16(21)20-17/h7-10H,3-6H2,1-2H3,(H,20,21). The minimum atomic E-state index is -0.361. The largest absolute Gasteiger partial charge is 0.493 e. The number of nitrogens with zero attached hydrogens (tertiary/aromatic N) is 2. The van der Waals surface area contributed by atoms with Crippen molar-refractivity contribution in [2.45, 2.75) is 31.2 Å². The molecule has 5 rings (SSSR count). The molecule has 1 saturated carbocycles. The van der Waals surface area contributed by atoms with Gasteiger partial charge in [0.1, 0.15) is 0 Å². The van der Waals surface area contributed by atoms with E-state index in [2.05, 4.69) is 10.3 Å². The molecule has 1 N–H and O–H groups in total. The molecule has 1 aromatic carbocycles. The molecule has 3 heterocycles. The van der Waals surface area contributed by atoms with Gasteiger partial charge in [0.15, 0.2) is 11.5 Å². The van der Waals surface area contributed by atoms with Crippen molar-refractivity contribution in [3.8, 4) is 11.5 Å². The van der Waals surface area contributed by atoms with Gasteiger partial charge in [0.05, 0.1) is 42.7 Å². The Morgan fingerprint density at radius 1 is 1.13 bits per heavy atom. The molecule has 2 saturated heterocycles. The molecule has 2 aliphatic heterocycles. The summed E-state index contributed by atoms with van der Waals surface area (Å²) in [6, 6.07) is 3.65. The molecule has 3 aliphatic rings. The number of carbonyl (C=O) groups excluding carboxylic acids is 1. The fourth-order valence-corrected chi connectivity index (χ4v) is 3.73. The van der Waals surface area contributed by atoms with Gasteiger partial charge in [-0.15, -0.1) is 0 Å². The van der Waals surface area contributed by atoms with E-state index in [-0.39, 0.29) is 17.4 Å². The van der Waals surface area contributed by atoms with Crippen LogP contribution in [0.15, 0.2) is 18.3 Å². The maximum Gasteiger partial charge on any atom is 0.223 e. The Hall–Kier alpha value is -2.37. The quantitative estimate of drug-likeness (QED) is 0.940. The average molecular weight is 313 g/mol. The highest BCUT2D eigenvalue weighted by Gasteiger charge is 2.47. The number of hydrogen-bond donors (Lipinski definition) is 1. The number of piperidine rings is 2. The Morgan fingerprint density at radius 3 is 2.39 bits per heavy atom. The van der Waals surface area contributed by atoms with Crippen LogP contribution in [0.25, 0.3) is 11.0 Å². The Labute approximate surface area is 134 Å². The van der Waals surface area contributed by atoms with Crippen LogP contribution in [0, 0.1) is 5.92 Å². The summed E-state index contributed by atoms with van der Waals surface area (Å²) in [7, 11) is 3.20. The molecular formula is C17H19N3O3. The van der Waals surface area contributed by atoms with Gasteiger partial charge >= 0.3 is 0 Å². The van der Waals surface area contributed by atoms with E-state index in [1.54, 1.807) is 20.4 Å². The van der Waals surface area contributed by atoms with Crippen molar-refractivity contribution in [1.29, 1.82) is 0 Å². The second kappa shape index (κ2) is 5.08. The van der Waals surface area contributed by atoms with Crippen LogP contribution in [-0.4, -0.2) is 30.1 Å². The zero-order valence-corrected chi connectivity index (χ0v) is 13.3. The molecule has 2 aromatic rings. The molecule has 0 spiro atoms. The molecule has 6 nitrogen and oxygen atoms in total. The van der Waals surface area contributed by atoms with E-state index in [9.17, 15) is 4.79 Å². The van der Waals surface area contributed by atoms with Crippen LogP contribution in [0.4, 0.5) is 0 Å². The molecule has 2 bridgehead atoms. The van der Waals surface area contributed by atoms with Gasteiger partial charge in [-0.3, -0.25) is 9.78 Å². The Bertz CT molecular complexity index is 782. The lowest BCUT2D eigenvalue weighted by Crippen LogP contribution is -2.57. The van der Waals surface area contributed by atoms with Crippen LogP contribution >= 0.6 is 0 Å². The van der Waals surface area contributed by atoms with Crippen LogP contribution in [0.2, 0.25) is 0 Å². The summed E-state index contributed by atoms with van der Waals surface area (Å²) in [5.41, 5.74) is 1.97. The third kappa shape index (κ3) is 2.12. The predicted octanol–water partition coefficient (Wildman–Crippen LogP) is 2.16. The van der Waals surface area contributed by atoms with Crippen molar-refractivity contribution in [1.82, 2.24) is 15.3 Å². The second-order valence-corrected chi connectivity index (χ2v) is 6.30. The van der Waals surface area contributed by atoms with Crippen molar-refractivity contribution < 1.29 is 14.3 Å². The number of benzene rings is 1. The lowest BCUT2D eigenvalue weighted by atomic mass is 9.70. The van der Waals surface area contributed by atoms with Crippen LogP contribution in [0.5, 0.6) is 11.5 Å². The number of amides is 1. The Morgan fingerprint density at radius 2 is 1.78 bits per heavy atom. The third-order valence-electron chi connectivity index (χ3n) is 5.11. The summed E-state index contributed by atoms with van der Waals surface area (Å²) in [5.74, 6) is 1.58. The maximum atomic E-state index is 12.1. The van der Waals surface area contributed by atoms with Gasteiger partial charge in [-0.1, -0.05) is 0 Å². The minimum absolute atomic E-state index is 0.150. The fraction of sp³-hybridized carbons (Fsp3) is 0.471. The predicted molar refractivity (Wildman–Crippen MR) is 84.4 cm³/mol. The summed E-state index contributed by atoms with van der Waals surface area (Å²) in [5, 5.41) is 3.16. The number of methoxy groups -OCH3 is 2. The van der Waals surface area contributed by atoms with E-state index in [0.717, 1.165) is 42.4 Å². The van der Waals surface area contributed by atoms with Crippen LogP contribution in [0.1, 0.15) is 31.4 Å². The van der Waals surface area contributed by atoms with Crippen molar-refractivity contribution in [3.05, 3.63) is 24.0 Å². The van der Waals surface area contributed by atoms with Gasteiger partial charge in [-0.2, -0.15) is 0 Å². The molecule has 1 aliphatic carbocycles. The molecular weight excluding hydrogens is 294 g/mol. The highest BCUT2D eigenvalue weighted by atomic mass is 16.5. The van der Waals surface area contributed by atoms with Gasteiger partial charge in [0.25, 0.3) is 0 Å². The molecule has 23 heavy (non-hydrogen) atoms. The van der Waals surface area contributed by atoms with Gasteiger partial charge in [-0.05, 0) is 25.7 Å². The van der Waals surface area contributed by atoms with Gasteiger partial charge in [0.2, 0.25) is 5.91 Å². The zero-order valence-electron chi connectivity index (χ0n) is 13.3. The van der Waals surface area contributed by atoms with Crippen LogP contribution < -0.4 is 14.8 Å². The summed E-state index contributed by atoms with van der Waals surface area (Å²) in [4.78, 5) is 21.4. The van der Waals surface area contributed by atoms with E-state index in [0.29, 0.717) is 11.5 Å². The molecule has 6 heteroatoms. The Kier molecular flexibility index (Phi) is 3.14. The number of ether oxygens (including phenoxy) is 2. The van der Waals surface area contributed by atoms with Gasteiger partial charge in [-0.25, -0.2) is 4.98 Å². The summed E-state index contributed by atoms with van der Waals surface area (Å²) < 4.78 is 10.6. The smallest absolute Gasteiger partial charge is 0.223 e. The molecule has 120 valence electrons. The molecule has 3 fully saturated rings. The normalized spacial score (nSPS) is 26.2. The van der Waals surface area contributed by atoms with E-state index in [1.807, 2.05) is 12.1 Å². The lowest BCUT2D eigenvalue weighted by molar-refractivity contribution is -0.134. The van der Waals surface area contributed by atoms with Crippen LogP contribution in [-0.2, 0) is 10.3 Å². The van der Waals surface area contributed by atoms with Crippen molar-refractivity contribution in [2.24, 2.45) is 5.92 Å². The van der Waals surface area contributed by atoms with Crippen molar-refractivity contribution in [3.63, 3.8) is 0 Å². The Balaban J connectivity index is 1.81. The molecule has 0 atom stereocenters. The van der Waals surface area contributed by atoms with E-state index < -0.39 is 0 Å². The number of hydrogen-bond acceptors (Lipinski definition) is 5. The second-order valence-electron chi connectivity index (χ2n) is 6.30. The molecule has 0 unspecified atom stereocenters. The third-order valence-corrected chi connectivity index (χ3v) is 5.11. The summed E-state index contributed by atoms with van der Waals surface area (Å²) in [6.07, 6.45) is 5.49. The van der Waals surface area contributed by atoms with Crippen molar-refractivity contribution in [2.75, 3.05) is 14.2 Å². The van der Waals surface area contributed by atoms with E-state index in [4.69, 9.17) is 14.5 Å². The fourth-order valence-electron chi connectivity index (χ4n) is 3.73. The molecule has 1 aromatic heterocycles. The summed E-state index contributed by atoms with van der Waals surface area (Å²) >= 11 is 0. The first-order valence-electron chi connectivity index (χ1n) is 7.86. The summed E-state index contributed by atoms with van der Waals surface area (Å²) in [6.45, 7) is 0. The number of fused-ring (bicyclic) bond motifs is 4. The van der Waals surface area contributed by atoms with E-state index >= 15 is 0 Å². The SMILES string of the molecule is COc1cc2ncc(C34CCC(CC3)C(=O)N4)nc2cc1OC. The van der Waals surface area contributed by atoms with Gasteiger partial charge < -0.3 is 14.8 Å². The minimum Gasteiger partial charge on any atom is -0.493 e. The maximum absolute atomic E-state index is 12.1. The number of aromatic nitrogens is 2. The lowest BCUT2D eigenvalue weighted by Gasteiger charge is -2.46. The van der Waals surface area contributed by atoms with Crippen LogP contribution in [0.3, 0.4) is 0 Å². The van der Waals surface area contributed by atoms with Crippen molar-refractivity contribution >= 4 is 16.9 Å². The highest BCUT2D eigenvalue weighted by Crippen LogP contribution is 2.43. The number of nitrogens with one attached hydrogen (secondary N) is 1. The zero-order chi connectivity index (χ0) is 16.0. The topological polar surface area (TPSA) is 73.3 Å². The molecule has 0 radical (unpaired) electrons. The monoisotopic (exact) mass is 313 g/mol. The first-order valence-corrected chi connectivity index (χ1v) is 7.86. The van der Waals surface area contributed by atoms with E-state index in [1.165, 1.54) is 0 Å². The first-order chi connectivity index (χ1) is 11.1. The number of carbonyl (C=O) groups is 1.